The Labute approximate surface area is 336 Å². The molecule has 6 aromatic rings. The molecule has 16 heteroatoms. The Hall–Kier alpha value is -4.50. The molecule has 2 N–H and O–H groups in total. The number of nitrogens with zero attached hydrogens (tertiary/aromatic N) is 12. The van der Waals surface area contributed by atoms with E-state index in [-0.39, 0.29) is 10.8 Å². The van der Waals surface area contributed by atoms with Crippen molar-refractivity contribution < 1.29 is 10.2 Å². The van der Waals surface area contributed by atoms with Crippen molar-refractivity contribution in [2.24, 2.45) is 0 Å². The number of anilines is 2. The molecule has 2 aromatic carbocycles. The molecule has 2 fully saturated rings. The highest BCUT2D eigenvalue weighted by molar-refractivity contribution is 6.31. The molecule has 2 aliphatic heterocycles. The predicted molar refractivity (Wildman–Crippen MR) is 220 cm³/mol. The van der Waals surface area contributed by atoms with E-state index in [0.717, 1.165) is 47.5 Å². The predicted octanol–water partition coefficient (Wildman–Crippen LogP) is 6.36. The molecule has 0 saturated carbocycles. The number of rotatable bonds is 6. The lowest BCUT2D eigenvalue weighted by molar-refractivity contribution is 0.0833. The number of hydrogen-bond acceptors (Lipinski definition) is 12. The van der Waals surface area contributed by atoms with E-state index in [2.05, 4.69) is 72.0 Å². The van der Waals surface area contributed by atoms with Crippen molar-refractivity contribution in [3.8, 4) is 0 Å². The third kappa shape index (κ3) is 8.43. The minimum atomic E-state index is -0.729. The largest absolute Gasteiger partial charge is 0.388 e. The normalized spacial score (nSPS) is 20.3. The van der Waals surface area contributed by atoms with Crippen LogP contribution in [0.5, 0.6) is 0 Å². The minimum Gasteiger partial charge on any atom is -0.388 e. The molecule has 8 rings (SSSR count). The van der Waals surface area contributed by atoms with Gasteiger partial charge >= 0.3 is 0 Å². The smallest absolute Gasteiger partial charge is 0.184 e. The summed E-state index contributed by atoms with van der Waals surface area (Å²) < 4.78 is 3.54. The van der Waals surface area contributed by atoms with Crippen LogP contribution < -0.4 is 9.80 Å². The van der Waals surface area contributed by atoms with Crippen molar-refractivity contribution in [2.75, 3.05) is 36.0 Å². The van der Waals surface area contributed by atoms with E-state index in [1.165, 1.54) is 0 Å². The van der Waals surface area contributed by atoms with Gasteiger partial charge in [0.15, 0.2) is 34.0 Å². The quantitative estimate of drug-likeness (QED) is 0.192. The zero-order chi connectivity index (χ0) is 40.2. The van der Waals surface area contributed by atoms with E-state index in [9.17, 15) is 10.2 Å². The molecule has 0 bridgehead atoms. The molecule has 0 spiro atoms. The van der Waals surface area contributed by atoms with Crippen LogP contribution in [0.25, 0.3) is 22.3 Å². The summed E-state index contributed by atoms with van der Waals surface area (Å²) in [7, 11) is 0. The van der Waals surface area contributed by atoms with Crippen molar-refractivity contribution in [1.82, 2.24) is 49.9 Å². The van der Waals surface area contributed by atoms with Crippen LogP contribution in [0.15, 0.2) is 48.5 Å². The number of hydrogen-bond donors (Lipinski definition) is 2. The van der Waals surface area contributed by atoms with E-state index in [4.69, 9.17) is 43.1 Å². The number of halogens is 2. The molecule has 0 unspecified atom stereocenters. The van der Waals surface area contributed by atoms with Gasteiger partial charge in [0.05, 0.1) is 24.3 Å². The van der Waals surface area contributed by atoms with Crippen LogP contribution in [0, 0.1) is 0 Å². The van der Waals surface area contributed by atoms with Crippen molar-refractivity contribution in [1.29, 1.82) is 0 Å². The van der Waals surface area contributed by atoms with Gasteiger partial charge in [0.25, 0.3) is 0 Å². The number of aliphatic hydroxyl groups is 2. The Morgan fingerprint density at radius 3 is 1.30 bits per heavy atom. The van der Waals surface area contributed by atoms with Crippen LogP contribution in [0.4, 0.5) is 11.6 Å². The van der Waals surface area contributed by atoms with Crippen LogP contribution in [0.2, 0.25) is 10.0 Å². The summed E-state index contributed by atoms with van der Waals surface area (Å²) >= 11 is 12.7. The Balaban J connectivity index is 0.000000172. The minimum absolute atomic E-state index is 0.231. The second kappa shape index (κ2) is 14.8. The van der Waals surface area contributed by atoms with E-state index in [1.54, 1.807) is 9.36 Å². The highest BCUT2D eigenvalue weighted by atomic mass is 35.5. The average Bonchev–Trinajstić information content (AvgIpc) is 3.91. The Kier molecular flexibility index (Phi) is 10.5. The maximum Gasteiger partial charge on any atom is 0.184 e. The summed E-state index contributed by atoms with van der Waals surface area (Å²) in [5.74, 6) is 2.92. The summed E-state index contributed by atoms with van der Waals surface area (Å²) in [6, 6.07) is 15.4. The fourth-order valence-corrected chi connectivity index (χ4v) is 7.23. The van der Waals surface area contributed by atoms with Crippen LogP contribution in [0.1, 0.15) is 91.0 Å². The van der Waals surface area contributed by atoms with Crippen molar-refractivity contribution >= 4 is 57.2 Å². The molecular formula is C40H50Cl2N12O2. The molecule has 2 atom stereocenters. The van der Waals surface area contributed by atoms with Gasteiger partial charge in [-0.2, -0.15) is 0 Å². The summed E-state index contributed by atoms with van der Waals surface area (Å²) in [5.41, 5.74) is 2.66. The molecule has 0 aliphatic carbocycles. The third-order valence-electron chi connectivity index (χ3n) is 10.1. The van der Waals surface area contributed by atoms with Crippen molar-refractivity contribution in [2.45, 2.75) is 103 Å². The van der Waals surface area contributed by atoms with Crippen LogP contribution in [-0.4, -0.2) is 97.5 Å². The molecule has 0 radical (unpaired) electrons. The standard InChI is InChI=1S/2C20H25ClN6O/c2*1-19(2,3)18-22-16(26-10-9-20(4,28)12-26)15-17(23-18)27(25-24-15)11-13-7-5-6-8-14(13)21/h2*5-8,28H,9-12H2,1-4H3/t2*20-/m10/s1. The summed E-state index contributed by atoms with van der Waals surface area (Å²) in [6.45, 7) is 19.6. The maximum atomic E-state index is 10.4. The molecular weight excluding hydrogens is 751 g/mol. The van der Waals surface area contributed by atoms with E-state index in [0.29, 0.717) is 71.4 Å². The average molecular weight is 802 g/mol. The van der Waals surface area contributed by atoms with E-state index >= 15 is 0 Å². The molecule has 14 nitrogen and oxygen atoms in total. The SMILES string of the molecule is CC(C)(C)c1nc(N2CC[C@@](C)(O)C2)c2nnn(Cc3ccccc3Cl)c2n1.CC(C)(C)c1nc(N2CC[C@](C)(O)C2)c2nnn(Cc3ccccc3Cl)c2n1. The third-order valence-corrected chi connectivity index (χ3v) is 10.8. The first-order valence-corrected chi connectivity index (χ1v) is 19.7. The first-order valence-electron chi connectivity index (χ1n) is 18.9. The zero-order valence-corrected chi connectivity index (χ0v) is 34.8. The lowest BCUT2D eigenvalue weighted by Gasteiger charge is -2.23. The van der Waals surface area contributed by atoms with E-state index in [1.807, 2.05) is 62.4 Å². The summed E-state index contributed by atoms with van der Waals surface area (Å²) in [6.07, 6.45) is 1.38. The van der Waals surface area contributed by atoms with Crippen molar-refractivity contribution in [3.05, 3.63) is 81.4 Å². The second-order valence-electron chi connectivity index (χ2n) is 17.6. The lowest BCUT2D eigenvalue weighted by atomic mass is 9.95. The monoisotopic (exact) mass is 800 g/mol. The highest BCUT2D eigenvalue weighted by Gasteiger charge is 2.36. The highest BCUT2D eigenvalue weighted by Crippen LogP contribution is 2.34. The molecule has 296 valence electrons. The van der Waals surface area contributed by atoms with Gasteiger partial charge in [-0.1, -0.05) is 112 Å². The van der Waals surface area contributed by atoms with Gasteiger partial charge in [0.1, 0.15) is 11.6 Å². The maximum absolute atomic E-state index is 10.4. The first-order chi connectivity index (χ1) is 26.3. The molecule has 56 heavy (non-hydrogen) atoms. The molecule has 2 aliphatic rings. The Morgan fingerprint density at radius 1 is 0.607 bits per heavy atom. The summed E-state index contributed by atoms with van der Waals surface area (Å²) in [5, 5.41) is 39.7. The molecule has 4 aromatic heterocycles. The fourth-order valence-electron chi connectivity index (χ4n) is 6.84. The first kappa shape index (κ1) is 39.7. The second-order valence-corrected chi connectivity index (χ2v) is 18.4. The van der Waals surface area contributed by atoms with Gasteiger partial charge in [-0.25, -0.2) is 29.3 Å². The number of β-amino-alcohol motifs (C(OH)–C–C–N with tert-alkyl or cyclic N) is 2. The summed E-state index contributed by atoms with van der Waals surface area (Å²) in [4.78, 5) is 23.4. The molecule has 6 heterocycles. The number of aromatic nitrogens is 10. The van der Waals surface area contributed by atoms with Crippen LogP contribution in [-0.2, 0) is 23.9 Å². The zero-order valence-electron chi connectivity index (χ0n) is 33.3. The van der Waals surface area contributed by atoms with Crippen LogP contribution in [0.3, 0.4) is 0 Å². The fraction of sp³-hybridized carbons (Fsp3) is 0.500. The molecule has 2 saturated heterocycles. The number of fused-ring (bicyclic) bond motifs is 2. The van der Waals surface area contributed by atoms with E-state index < -0.39 is 11.2 Å². The van der Waals surface area contributed by atoms with Crippen molar-refractivity contribution in [3.63, 3.8) is 0 Å². The van der Waals surface area contributed by atoms with Gasteiger partial charge in [-0.3, -0.25) is 0 Å². The Bertz CT molecular complexity index is 2210. The Morgan fingerprint density at radius 2 is 0.982 bits per heavy atom. The van der Waals surface area contributed by atoms with Crippen LogP contribution >= 0.6 is 23.2 Å². The van der Waals surface area contributed by atoms with Gasteiger partial charge in [-0.05, 0) is 49.9 Å². The number of benzene rings is 2. The van der Waals surface area contributed by atoms with Gasteiger partial charge in [-0.15, -0.1) is 10.2 Å². The van der Waals surface area contributed by atoms with Gasteiger partial charge in [0, 0.05) is 47.1 Å². The van der Waals surface area contributed by atoms with Gasteiger partial charge < -0.3 is 20.0 Å². The molecule has 0 amide bonds. The van der Waals surface area contributed by atoms with Gasteiger partial charge in [0.2, 0.25) is 0 Å². The topological polar surface area (TPSA) is 160 Å². The lowest BCUT2D eigenvalue weighted by Crippen LogP contribution is -2.31.